The first-order valence-corrected chi connectivity index (χ1v) is 9.04. The Labute approximate surface area is 167 Å². The van der Waals surface area contributed by atoms with Crippen LogP contribution in [0.4, 0.5) is 0 Å². The lowest BCUT2D eigenvalue weighted by molar-refractivity contribution is 0.0728. The van der Waals surface area contributed by atoms with E-state index in [1.807, 2.05) is 60.7 Å². The average Bonchev–Trinajstić information content (AvgIpc) is 2.76. The molecule has 0 amide bonds. The average molecular weight is 387 g/mol. The van der Waals surface area contributed by atoms with E-state index in [0.29, 0.717) is 22.2 Å². The number of esters is 1. The van der Waals surface area contributed by atoms with Gasteiger partial charge < -0.3 is 4.74 Å². The van der Waals surface area contributed by atoms with Crippen LogP contribution < -0.4 is 4.74 Å². The van der Waals surface area contributed by atoms with Crippen molar-refractivity contribution in [1.82, 2.24) is 9.97 Å². The highest BCUT2D eigenvalue weighted by molar-refractivity contribution is 6.30. The molecule has 0 aliphatic rings. The quantitative estimate of drug-likeness (QED) is 0.334. The summed E-state index contributed by atoms with van der Waals surface area (Å²) < 4.78 is 5.39. The number of nitrogens with zero attached hydrogens (tertiary/aromatic N) is 2. The van der Waals surface area contributed by atoms with Gasteiger partial charge in [0.15, 0.2) is 5.69 Å². The molecule has 4 aromatic rings. The molecule has 1 aromatic heterocycles. The van der Waals surface area contributed by atoms with E-state index >= 15 is 0 Å². The number of hydrogen-bond acceptors (Lipinski definition) is 4. The second kappa shape index (κ2) is 8.03. The third-order valence-electron chi connectivity index (χ3n) is 4.10. The van der Waals surface area contributed by atoms with Gasteiger partial charge in [-0.3, -0.25) is 4.98 Å². The summed E-state index contributed by atoms with van der Waals surface area (Å²) in [4.78, 5) is 21.7. The minimum atomic E-state index is -0.577. The number of ether oxygens (including phenoxy) is 1. The molecule has 0 aliphatic carbocycles. The maximum atomic E-state index is 12.6. The minimum Gasteiger partial charge on any atom is -0.422 e. The molecule has 28 heavy (non-hydrogen) atoms. The number of rotatable bonds is 4. The minimum absolute atomic E-state index is 0.133. The number of aromatic nitrogens is 2. The van der Waals surface area contributed by atoms with E-state index in [-0.39, 0.29) is 5.69 Å². The zero-order valence-corrected chi connectivity index (χ0v) is 15.5. The Morgan fingerprint density at radius 3 is 1.93 bits per heavy atom. The number of benzene rings is 3. The first kappa shape index (κ1) is 17.9. The zero-order chi connectivity index (χ0) is 19.3. The van der Waals surface area contributed by atoms with Crippen LogP contribution in [0.1, 0.15) is 10.5 Å². The van der Waals surface area contributed by atoms with Gasteiger partial charge in [0.05, 0.1) is 17.6 Å². The summed E-state index contributed by atoms with van der Waals surface area (Å²) in [5, 5.41) is 0.568. The van der Waals surface area contributed by atoms with Crippen molar-refractivity contribution in [2.75, 3.05) is 0 Å². The fourth-order valence-electron chi connectivity index (χ4n) is 2.75. The van der Waals surface area contributed by atoms with E-state index in [2.05, 4.69) is 9.97 Å². The third kappa shape index (κ3) is 3.92. The van der Waals surface area contributed by atoms with E-state index in [4.69, 9.17) is 16.3 Å². The first-order valence-electron chi connectivity index (χ1n) is 8.66. The molecule has 0 N–H and O–H groups in total. The van der Waals surface area contributed by atoms with Crippen molar-refractivity contribution in [3.8, 4) is 28.3 Å². The smallest absolute Gasteiger partial charge is 0.363 e. The Hall–Kier alpha value is -3.50. The van der Waals surface area contributed by atoms with Crippen LogP contribution >= 0.6 is 11.6 Å². The molecule has 5 heteroatoms. The Balaban J connectivity index is 1.73. The van der Waals surface area contributed by atoms with Crippen molar-refractivity contribution < 1.29 is 9.53 Å². The topological polar surface area (TPSA) is 52.1 Å². The summed E-state index contributed by atoms with van der Waals surface area (Å²) in [5.41, 5.74) is 3.25. The first-order chi connectivity index (χ1) is 13.7. The molecule has 0 bridgehead atoms. The molecule has 0 saturated heterocycles. The molecule has 0 fully saturated rings. The van der Waals surface area contributed by atoms with Gasteiger partial charge in [-0.1, -0.05) is 72.3 Å². The van der Waals surface area contributed by atoms with Gasteiger partial charge in [0.2, 0.25) is 0 Å². The Bertz CT molecular complexity index is 1100. The van der Waals surface area contributed by atoms with Crippen LogP contribution in [0, 0.1) is 0 Å². The van der Waals surface area contributed by atoms with Gasteiger partial charge in [-0.25, -0.2) is 9.78 Å². The SMILES string of the molecule is O=C(Oc1ccc(Cl)cc1)c1cnc(-c2ccccc2)c(-c2ccccc2)n1. The summed E-state index contributed by atoms with van der Waals surface area (Å²) in [6, 6.07) is 26.0. The van der Waals surface area contributed by atoms with Gasteiger partial charge in [-0.15, -0.1) is 0 Å². The van der Waals surface area contributed by atoms with Crippen molar-refractivity contribution in [1.29, 1.82) is 0 Å². The summed E-state index contributed by atoms with van der Waals surface area (Å²) in [6.45, 7) is 0. The standard InChI is InChI=1S/C23H15ClN2O2/c24-18-11-13-19(14-12-18)28-23(27)20-15-25-21(16-7-3-1-4-8-16)22(26-20)17-9-5-2-6-10-17/h1-15H. The van der Waals surface area contributed by atoms with Crippen molar-refractivity contribution in [2.45, 2.75) is 0 Å². The molecular weight excluding hydrogens is 372 g/mol. The van der Waals surface area contributed by atoms with Crippen molar-refractivity contribution in [3.63, 3.8) is 0 Å². The number of hydrogen-bond donors (Lipinski definition) is 0. The molecule has 0 radical (unpaired) electrons. The summed E-state index contributed by atoms with van der Waals surface area (Å²) in [5.74, 6) is -0.184. The van der Waals surface area contributed by atoms with Crippen LogP contribution in [0.3, 0.4) is 0 Å². The van der Waals surface area contributed by atoms with Crippen molar-refractivity contribution >= 4 is 17.6 Å². The number of halogens is 1. The van der Waals surface area contributed by atoms with Crippen LogP contribution in [0.15, 0.2) is 91.1 Å². The predicted molar refractivity (Wildman–Crippen MR) is 109 cm³/mol. The molecule has 0 saturated carbocycles. The van der Waals surface area contributed by atoms with Gasteiger partial charge in [-0.05, 0) is 24.3 Å². The van der Waals surface area contributed by atoms with E-state index in [1.165, 1.54) is 6.20 Å². The Morgan fingerprint density at radius 1 is 0.750 bits per heavy atom. The molecule has 4 rings (SSSR count). The lowest BCUT2D eigenvalue weighted by Gasteiger charge is -2.10. The highest BCUT2D eigenvalue weighted by Crippen LogP contribution is 2.29. The van der Waals surface area contributed by atoms with Crippen molar-refractivity contribution in [2.24, 2.45) is 0 Å². The van der Waals surface area contributed by atoms with E-state index < -0.39 is 5.97 Å². The normalized spacial score (nSPS) is 10.5. The summed E-state index contributed by atoms with van der Waals surface area (Å²) >= 11 is 5.87. The molecular formula is C23H15ClN2O2. The van der Waals surface area contributed by atoms with Gasteiger partial charge in [-0.2, -0.15) is 0 Å². The Morgan fingerprint density at radius 2 is 1.32 bits per heavy atom. The fourth-order valence-corrected chi connectivity index (χ4v) is 2.88. The monoisotopic (exact) mass is 386 g/mol. The second-order valence-corrected chi connectivity index (χ2v) is 6.46. The molecule has 3 aromatic carbocycles. The number of carbonyl (C=O) groups is 1. The molecule has 0 unspecified atom stereocenters. The molecule has 0 aliphatic heterocycles. The highest BCUT2D eigenvalue weighted by atomic mass is 35.5. The molecule has 0 atom stereocenters. The van der Waals surface area contributed by atoms with Crippen LogP contribution in [-0.2, 0) is 0 Å². The summed E-state index contributed by atoms with van der Waals surface area (Å²) in [7, 11) is 0. The van der Waals surface area contributed by atoms with E-state index in [1.54, 1.807) is 24.3 Å². The maximum absolute atomic E-state index is 12.6. The van der Waals surface area contributed by atoms with E-state index in [0.717, 1.165) is 11.1 Å². The maximum Gasteiger partial charge on any atom is 0.363 e. The van der Waals surface area contributed by atoms with Crippen LogP contribution in [0.25, 0.3) is 22.5 Å². The molecule has 1 heterocycles. The summed E-state index contributed by atoms with van der Waals surface area (Å²) in [6.07, 6.45) is 1.44. The van der Waals surface area contributed by atoms with Gasteiger partial charge in [0.25, 0.3) is 0 Å². The molecule has 0 spiro atoms. The second-order valence-electron chi connectivity index (χ2n) is 6.03. The zero-order valence-electron chi connectivity index (χ0n) is 14.7. The highest BCUT2D eigenvalue weighted by Gasteiger charge is 2.17. The number of carbonyl (C=O) groups excluding carboxylic acids is 1. The molecule has 4 nitrogen and oxygen atoms in total. The van der Waals surface area contributed by atoms with Crippen LogP contribution in [0.5, 0.6) is 5.75 Å². The van der Waals surface area contributed by atoms with Gasteiger partial charge in [0, 0.05) is 16.1 Å². The van der Waals surface area contributed by atoms with Crippen molar-refractivity contribution in [3.05, 3.63) is 102 Å². The lowest BCUT2D eigenvalue weighted by atomic mass is 10.0. The van der Waals surface area contributed by atoms with E-state index in [9.17, 15) is 4.79 Å². The fraction of sp³-hybridized carbons (Fsp3) is 0. The van der Waals surface area contributed by atoms with Gasteiger partial charge in [0.1, 0.15) is 5.75 Å². The largest absolute Gasteiger partial charge is 0.422 e. The third-order valence-corrected chi connectivity index (χ3v) is 4.35. The predicted octanol–water partition coefficient (Wildman–Crippen LogP) is 5.68. The van der Waals surface area contributed by atoms with Crippen LogP contribution in [-0.4, -0.2) is 15.9 Å². The molecule has 136 valence electrons. The van der Waals surface area contributed by atoms with Gasteiger partial charge >= 0.3 is 5.97 Å². The lowest BCUT2D eigenvalue weighted by Crippen LogP contribution is -2.12. The van der Waals surface area contributed by atoms with Crippen LogP contribution in [0.2, 0.25) is 5.02 Å². The Kier molecular flexibility index (Phi) is 5.13.